The number of rotatable bonds is 3. The van der Waals surface area contributed by atoms with Gasteiger partial charge in [0.25, 0.3) is 0 Å². The number of carbonyl (C=O) groups excluding carboxylic acids is 1. The number of carbonyl (C=O) groups is 1. The molecule has 7 heteroatoms. The Hall–Kier alpha value is -2.08. The summed E-state index contributed by atoms with van der Waals surface area (Å²) in [6, 6.07) is 7.99. The SMILES string of the molecule is O=Cc1ccc(Cl)c(-c2ccc(OC(F)(F)F)cc2)n1. The number of alkyl halides is 3. The molecule has 20 heavy (non-hydrogen) atoms. The van der Waals surface area contributed by atoms with Crippen LogP contribution in [0.5, 0.6) is 5.75 Å². The van der Waals surface area contributed by atoms with Crippen LogP contribution in [0.4, 0.5) is 13.2 Å². The van der Waals surface area contributed by atoms with E-state index in [0.717, 1.165) is 12.1 Å². The number of nitrogens with zero attached hydrogens (tertiary/aromatic N) is 1. The Morgan fingerprint density at radius 3 is 2.30 bits per heavy atom. The molecule has 0 radical (unpaired) electrons. The monoisotopic (exact) mass is 301 g/mol. The van der Waals surface area contributed by atoms with Crippen molar-refractivity contribution in [2.24, 2.45) is 0 Å². The van der Waals surface area contributed by atoms with Crippen molar-refractivity contribution in [3.8, 4) is 17.0 Å². The Morgan fingerprint density at radius 1 is 1.10 bits per heavy atom. The maximum Gasteiger partial charge on any atom is 0.573 e. The van der Waals surface area contributed by atoms with Crippen LogP contribution in [0.1, 0.15) is 10.5 Å². The van der Waals surface area contributed by atoms with Crippen LogP contribution in [0.25, 0.3) is 11.3 Å². The molecule has 104 valence electrons. The van der Waals surface area contributed by atoms with Gasteiger partial charge >= 0.3 is 6.36 Å². The van der Waals surface area contributed by atoms with Crippen molar-refractivity contribution < 1.29 is 22.7 Å². The van der Waals surface area contributed by atoms with Gasteiger partial charge in [-0.2, -0.15) is 0 Å². The van der Waals surface area contributed by atoms with Gasteiger partial charge in [-0.05, 0) is 36.4 Å². The van der Waals surface area contributed by atoms with Crippen molar-refractivity contribution in [2.75, 3.05) is 0 Å². The van der Waals surface area contributed by atoms with Crippen LogP contribution in [0.15, 0.2) is 36.4 Å². The minimum absolute atomic E-state index is 0.181. The zero-order valence-corrected chi connectivity index (χ0v) is 10.6. The van der Waals surface area contributed by atoms with Gasteiger partial charge in [0.2, 0.25) is 0 Å². The van der Waals surface area contributed by atoms with Crippen LogP contribution in [-0.2, 0) is 0 Å². The van der Waals surface area contributed by atoms with Gasteiger partial charge in [-0.15, -0.1) is 13.2 Å². The lowest BCUT2D eigenvalue weighted by Gasteiger charge is -2.09. The molecule has 0 spiro atoms. The van der Waals surface area contributed by atoms with Gasteiger partial charge in [0, 0.05) is 5.56 Å². The largest absolute Gasteiger partial charge is 0.573 e. The summed E-state index contributed by atoms with van der Waals surface area (Å²) in [7, 11) is 0. The van der Waals surface area contributed by atoms with Crippen molar-refractivity contribution in [2.45, 2.75) is 6.36 Å². The molecule has 0 N–H and O–H groups in total. The number of hydrogen-bond donors (Lipinski definition) is 0. The molecule has 0 bridgehead atoms. The molecular weight excluding hydrogens is 295 g/mol. The number of pyridine rings is 1. The first-order chi connectivity index (χ1) is 9.39. The van der Waals surface area contributed by atoms with Crippen molar-refractivity contribution in [1.29, 1.82) is 0 Å². The first-order valence-electron chi connectivity index (χ1n) is 5.37. The Balaban J connectivity index is 2.32. The summed E-state index contributed by atoms with van der Waals surface area (Å²) in [5, 5.41) is 0.292. The fourth-order valence-electron chi connectivity index (χ4n) is 1.54. The summed E-state index contributed by atoms with van der Waals surface area (Å²) in [6.45, 7) is 0. The highest BCUT2D eigenvalue weighted by atomic mass is 35.5. The number of aldehydes is 1. The molecule has 0 unspecified atom stereocenters. The number of hydrogen-bond acceptors (Lipinski definition) is 3. The molecule has 0 amide bonds. The maximum absolute atomic E-state index is 12.0. The van der Waals surface area contributed by atoms with E-state index in [4.69, 9.17) is 11.6 Å². The minimum atomic E-state index is -4.74. The van der Waals surface area contributed by atoms with Gasteiger partial charge in [0.05, 0.1) is 10.7 Å². The van der Waals surface area contributed by atoms with Gasteiger partial charge in [0.15, 0.2) is 6.29 Å². The van der Waals surface area contributed by atoms with E-state index in [0.29, 0.717) is 22.6 Å². The average Bonchev–Trinajstić information content (AvgIpc) is 2.39. The quantitative estimate of drug-likeness (QED) is 0.801. The second-order valence-corrected chi connectivity index (χ2v) is 4.16. The molecule has 0 saturated carbocycles. The Labute approximate surface area is 117 Å². The summed E-state index contributed by atoms with van der Waals surface area (Å²) in [5.41, 5.74) is 0.975. The number of aromatic nitrogens is 1. The van der Waals surface area contributed by atoms with E-state index in [-0.39, 0.29) is 11.4 Å². The Kier molecular flexibility index (Phi) is 3.94. The fourth-order valence-corrected chi connectivity index (χ4v) is 1.75. The molecule has 1 heterocycles. The van der Waals surface area contributed by atoms with E-state index >= 15 is 0 Å². The topological polar surface area (TPSA) is 39.2 Å². The highest BCUT2D eigenvalue weighted by Crippen LogP contribution is 2.29. The third-order valence-electron chi connectivity index (χ3n) is 2.35. The molecule has 3 nitrogen and oxygen atoms in total. The lowest BCUT2D eigenvalue weighted by atomic mass is 10.1. The predicted molar refractivity (Wildman–Crippen MR) is 66.8 cm³/mol. The third-order valence-corrected chi connectivity index (χ3v) is 2.65. The van der Waals surface area contributed by atoms with Gasteiger partial charge in [-0.1, -0.05) is 11.6 Å². The lowest BCUT2D eigenvalue weighted by Crippen LogP contribution is -2.16. The summed E-state index contributed by atoms with van der Waals surface area (Å²) in [4.78, 5) is 14.7. The van der Waals surface area contributed by atoms with E-state index < -0.39 is 6.36 Å². The van der Waals surface area contributed by atoms with Crippen LogP contribution in [0, 0.1) is 0 Å². The molecule has 2 aromatic rings. The van der Waals surface area contributed by atoms with Crippen molar-refractivity contribution in [3.05, 3.63) is 47.1 Å². The van der Waals surface area contributed by atoms with Gasteiger partial charge < -0.3 is 4.74 Å². The lowest BCUT2D eigenvalue weighted by molar-refractivity contribution is -0.274. The van der Waals surface area contributed by atoms with E-state index in [2.05, 4.69) is 9.72 Å². The Bertz CT molecular complexity index is 627. The molecule has 0 atom stereocenters. The molecular formula is C13H7ClF3NO2. The first-order valence-corrected chi connectivity index (χ1v) is 5.75. The third kappa shape index (κ3) is 3.48. The second kappa shape index (κ2) is 5.50. The first kappa shape index (κ1) is 14.3. The number of benzene rings is 1. The maximum atomic E-state index is 12.0. The van der Waals surface area contributed by atoms with Crippen molar-refractivity contribution >= 4 is 17.9 Å². The summed E-state index contributed by atoms with van der Waals surface area (Å²) >= 11 is 5.94. The summed E-state index contributed by atoms with van der Waals surface area (Å²) in [6.07, 6.45) is -4.18. The molecule has 0 aliphatic heterocycles. The number of ether oxygens (including phenoxy) is 1. The van der Waals surface area contributed by atoms with Gasteiger partial charge in [-0.25, -0.2) is 4.98 Å². The highest BCUT2D eigenvalue weighted by Gasteiger charge is 2.30. The summed E-state index contributed by atoms with van der Waals surface area (Å²) in [5.74, 6) is -0.344. The standard InChI is InChI=1S/C13H7ClF3NO2/c14-11-6-3-9(7-19)18-12(11)8-1-4-10(5-2-8)20-13(15,16)17/h1-7H. The Morgan fingerprint density at radius 2 is 1.75 bits per heavy atom. The molecule has 0 saturated heterocycles. The molecule has 0 aliphatic rings. The van der Waals surface area contributed by atoms with E-state index in [1.807, 2.05) is 0 Å². The second-order valence-electron chi connectivity index (χ2n) is 3.76. The predicted octanol–water partition coefficient (Wildman–Crippen LogP) is 4.11. The van der Waals surface area contributed by atoms with Crippen LogP contribution >= 0.6 is 11.6 Å². The van der Waals surface area contributed by atoms with E-state index in [1.54, 1.807) is 0 Å². The molecule has 0 aliphatic carbocycles. The highest BCUT2D eigenvalue weighted by molar-refractivity contribution is 6.33. The molecule has 1 aromatic heterocycles. The molecule has 0 fully saturated rings. The smallest absolute Gasteiger partial charge is 0.406 e. The zero-order chi connectivity index (χ0) is 14.8. The zero-order valence-electron chi connectivity index (χ0n) is 9.82. The average molecular weight is 302 g/mol. The van der Waals surface area contributed by atoms with E-state index in [1.165, 1.54) is 24.3 Å². The van der Waals surface area contributed by atoms with Crippen molar-refractivity contribution in [3.63, 3.8) is 0 Å². The van der Waals surface area contributed by atoms with Crippen molar-refractivity contribution in [1.82, 2.24) is 4.98 Å². The van der Waals surface area contributed by atoms with Crippen LogP contribution in [0.2, 0.25) is 5.02 Å². The van der Waals surface area contributed by atoms with Crippen LogP contribution in [0.3, 0.4) is 0 Å². The summed E-state index contributed by atoms with van der Waals surface area (Å²) < 4.78 is 39.9. The normalized spacial score (nSPS) is 11.2. The fraction of sp³-hybridized carbons (Fsp3) is 0.0769. The number of halogens is 4. The van der Waals surface area contributed by atoms with Crippen LogP contribution in [-0.4, -0.2) is 17.6 Å². The van der Waals surface area contributed by atoms with Gasteiger partial charge in [0.1, 0.15) is 11.4 Å². The minimum Gasteiger partial charge on any atom is -0.406 e. The van der Waals surface area contributed by atoms with Gasteiger partial charge in [-0.3, -0.25) is 4.79 Å². The molecule has 2 rings (SSSR count). The van der Waals surface area contributed by atoms with E-state index in [9.17, 15) is 18.0 Å². The molecule has 1 aromatic carbocycles. The van der Waals surface area contributed by atoms with Crippen LogP contribution < -0.4 is 4.74 Å².